The van der Waals surface area contributed by atoms with Gasteiger partial charge in [-0.05, 0) is 73.4 Å². The number of hydrogen-bond acceptors (Lipinski definition) is 5. The second kappa shape index (κ2) is 13.6. The van der Waals surface area contributed by atoms with Crippen molar-refractivity contribution in [1.82, 2.24) is 10.2 Å². The highest BCUT2D eigenvalue weighted by Crippen LogP contribution is 2.26. The third kappa shape index (κ3) is 7.43. The number of sulfonamides is 1. The van der Waals surface area contributed by atoms with Crippen LogP contribution in [0.2, 0.25) is 0 Å². The number of rotatable bonds is 12. The maximum absolute atomic E-state index is 14.1. The molecule has 0 aliphatic heterocycles. The van der Waals surface area contributed by atoms with Crippen molar-refractivity contribution in [2.45, 2.75) is 62.6 Å². The molecule has 0 saturated heterocycles. The van der Waals surface area contributed by atoms with Crippen molar-refractivity contribution in [3.63, 3.8) is 0 Å². The van der Waals surface area contributed by atoms with Gasteiger partial charge in [0, 0.05) is 12.6 Å². The fraction of sp³-hybridized carbons (Fsp3) is 0.355. The first-order chi connectivity index (χ1) is 19.7. The maximum atomic E-state index is 14.1. The van der Waals surface area contributed by atoms with Crippen molar-refractivity contribution in [3.8, 4) is 5.75 Å². The van der Waals surface area contributed by atoms with Crippen LogP contribution < -0.4 is 14.4 Å². The Hall–Kier alpha value is -3.92. The summed E-state index contributed by atoms with van der Waals surface area (Å²) >= 11 is 0. The maximum Gasteiger partial charge on any atom is 0.264 e. The van der Waals surface area contributed by atoms with Crippen LogP contribution in [-0.4, -0.2) is 50.9 Å². The summed E-state index contributed by atoms with van der Waals surface area (Å²) in [5.74, 6) is -0.708. The van der Waals surface area contributed by atoms with E-state index in [1.54, 1.807) is 49.6 Å². The Bertz CT molecular complexity index is 1410. The molecule has 2 amide bonds. The number of benzene rings is 3. The van der Waals surface area contributed by atoms with E-state index in [1.165, 1.54) is 29.2 Å². The first-order valence-corrected chi connectivity index (χ1v) is 15.2. The van der Waals surface area contributed by atoms with Gasteiger partial charge in [0.2, 0.25) is 11.8 Å². The average molecular weight is 582 g/mol. The highest BCUT2D eigenvalue weighted by molar-refractivity contribution is 7.92. The fourth-order valence-corrected chi connectivity index (χ4v) is 6.51. The highest BCUT2D eigenvalue weighted by atomic mass is 32.2. The predicted octanol–water partition coefficient (Wildman–Crippen LogP) is 4.90. The van der Waals surface area contributed by atoms with Gasteiger partial charge < -0.3 is 15.0 Å². The molecular formula is C31H36FN3O5S. The summed E-state index contributed by atoms with van der Waals surface area (Å²) in [7, 11) is -2.64. The number of ether oxygens (including phenoxy) is 1. The van der Waals surface area contributed by atoms with Crippen LogP contribution in [0.25, 0.3) is 0 Å². The molecule has 0 radical (unpaired) electrons. The van der Waals surface area contributed by atoms with Crippen LogP contribution in [0.15, 0.2) is 83.8 Å². The van der Waals surface area contributed by atoms with Gasteiger partial charge in [-0.2, -0.15) is 0 Å². The zero-order valence-corrected chi connectivity index (χ0v) is 24.1. The Balaban J connectivity index is 1.69. The first-order valence-electron chi connectivity index (χ1n) is 13.8. The average Bonchev–Trinajstić information content (AvgIpc) is 3.50. The molecule has 4 rings (SSSR count). The topological polar surface area (TPSA) is 96.0 Å². The molecule has 3 aromatic carbocycles. The summed E-state index contributed by atoms with van der Waals surface area (Å²) in [6.45, 7) is 1.33. The molecule has 10 heteroatoms. The highest BCUT2D eigenvalue weighted by Gasteiger charge is 2.34. The standard InChI is InChI=1S/C31H36FN3O5S/c1-3-29(31(37)33-25-9-7-8-10-25)34(21-23-13-19-27(40-2)20-14-23)30(36)22-35(26-17-15-24(32)16-18-26)41(38,39)28-11-5-4-6-12-28/h4-6,11-20,25,29H,3,7-10,21-22H2,1-2H3,(H,33,37)/t29-/m1/s1. The summed E-state index contributed by atoms with van der Waals surface area (Å²) < 4.78 is 47.5. The van der Waals surface area contributed by atoms with Gasteiger partial charge in [-0.15, -0.1) is 0 Å². The van der Waals surface area contributed by atoms with Crippen molar-refractivity contribution in [1.29, 1.82) is 0 Å². The van der Waals surface area contributed by atoms with E-state index in [2.05, 4.69) is 5.32 Å². The Labute approximate surface area is 241 Å². The van der Waals surface area contributed by atoms with Crippen molar-refractivity contribution in [2.75, 3.05) is 18.0 Å². The van der Waals surface area contributed by atoms with E-state index in [1.807, 2.05) is 6.92 Å². The van der Waals surface area contributed by atoms with E-state index >= 15 is 0 Å². The molecule has 0 heterocycles. The SMILES string of the molecule is CC[C@H](C(=O)NC1CCCC1)N(Cc1ccc(OC)cc1)C(=O)CN(c1ccc(F)cc1)S(=O)(=O)c1ccccc1. The molecular weight excluding hydrogens is 545 g/mol. The van der Waals surface area contributed by atoms with E-state index in [4.69, 9.17) is 4.74 Å². The van der Waals surface area contributed by atoms with Crippen LogP contribution in [0.4, 0.5) is 10.1 Å². The quantitative estimate of drug-likeness (QED) is 0.329. The number of nitrogens with one attached hydrogen (secondary N) is 1. The second-order valence-electron chi connectivity index (χ2n) is 10.1. The summed E-state index contributed by atoms with van der Waals surface area (Å²) in [6.07, 6.45) is 4.20. The summed E-state index contributed by atoms with van der Waals surface area (Å²) in [5, 5.41) is 3.09. The molecule has 1 N–H and O–H groups in total. The molecule has 0 unspecified atom stereocenters. The Morgan fingerprint density at radius 3 is 2.20 bits per heavy atom. The molecule has 1 aliphatic rings. The van der Waals surface area contributed by atoms with Crippen molar-refractivity contribution < 1.29 is 27.1 Å². The van der Waals surface area contributed by atoms with Crippen LogP contribution in [0.5, 0.6) is 5.75 Å². The van der Waals surface area contributed by atoms with E-state index in [0.717, 1.165) is 47.7 Å². The first kappa shape index (κ1) is 30.0. The molecule has 1 saturated carbocycles. The fourth-order valence-electron chi connectivity index (χ4n) is 5.07. The number of carbonyl (C=O) groups is 2. The number of methoxy groups -OCH3 is 1. The van der Waals surface area contributed by atoms with Gasteiger partial charge in [-0.3, -0.25) is 13.9 Å². The molecule has 41 heavy (non-hydrogen) atoms. The lowest BCUT2D eigenvalue weighted by molar-refractivity contribution is -0.140. The molecule has 8 nitrogen and oxygen atoms in total. The lowest BCUT2D eigenvalue weighted by atomic mass is 10.1. The zero-order valence-electron chi connectivity index (χ0n) is 23.3. The predicted molar refractivity (Wildman–Crippen MR) is 155 cm³/mol. The minimum absolute atomic E-state index is 0.00940. The van der Waals surface area contributed by atoms with E-state index in [0.29, 0.717) is 12.2 Å². The van der Waals surface area contributed by atoms with Gasteiger partial charge in [0.25, 0.3) is 10.0 Å². The zero-order chi connectivity index (χ0) is 29.4. The Morgan fingerprint density at radius 2 is 1.61 bits per heavy atom. The van der Waals surface area contributed by atoms with Crippen molar-refractivity contribution >= 4 is 27.5 Å². The number of nitrogens with zero attached hydrogens (tertiary/aromatic N) is 2. The normalized spacial score (nSPS) is 14.3. The molecule has 0 spiro atoms. The van der Waals surface area contributed by atoms with E-state index in [9.17, 15) is 22.4 Å². The Morgan fingerprint density at radius 1 is 0.976 bits per heavy atom. The Kier molecular flexibility index (Phi) is 9.99. The molecule has 1 atom stereocenters. The monoisotopic (exact) mass is 581 g/mol. The van der Waals surface area contributed by atoms with Crippen LogP contribution >= 0.6 is 0 Å². The van der Waals surface area contributed by atoms with E-state index < -0.39 is 34.3 Å². The summed E-state index contributed by atoms with van der Waals surface area (Å²) in [4.78, 5) is 29.0. The van der Waals surface area contributed by atoms with Crippen molar-refractivity contribution in [3.05, 3.63) is 90.2 Å². The molecule has 218 valence electrons. The molecule has 1 aliphatic carbocycles. The van der Waals surface area contributed by atoms with Crippen molar-refractivity contribution in [2.24, 2.45) is 0 Å². The second-order valence-corrected chi connectivity index (χ2v) is 11.9. The summed E-state index contributed by atoms with van der Waals surface area (Å²) in [5.41, 5.74) is 0.891. The van der Waals surface area contributed by atoms with Crippen LogP contribution in [0.3, 0.4) is 0 Å². The lowest BCUT2D eigenvalue weighted by Crippen LogP contribution is -2.53. The number of anilines is 1. The van der Waals surface area contributed by atoms with Crippen LogP contribution in [0, 0.1) is 5.82 Å². The van der Waals surface area contributed by atoms with Crippen LogP contribution in [0.1, 0.15) is 44.6 Å². The van der Waals surface area contributed by atoms with Gasteiger partial charge >= 0.3 is 0 Å². The number of halogens is 1. The van der Waals surface area contributed by atoms with Crippen LogP contribution in [-0.2, 0) is 26.2 Å². The third-order valence-corrected chi connectivity index (χ3v) is 9.11. The smallest absolute Gasteiger partial charge is 0.264 e. The number of hydrogen-bond donors (Lipinski definition) is 1. The largest absolute Gasteiger partial charge is 0.497 e. The molecule has 0 bridgehead atoms. The third-order valence-electron chi connectivity index (χ3n) is 7.32. The van der Waals surface area contributed by atoms with Gasteiger partial charge in [-0.1, -0.05) is 50.1 Å². The lowest BCUT2D eigenvalue weighted by Gasteiger charge is -2.33. The van der Waals surface area contributed by atoms with Gasteiger partial charge in [0.05, 0.1) is 17.7 Å². The minimum Gasteiger partial charge on any atom is -0.497 e. The number of carbonyl (C=O) groups excluding carboxylic acids is 2. The number of amides is 2. The van der Waals surface area contributed by atoms with E-state index in [-0.39, 0.29) is 29.1 Å². The molecule has 0 aromatic heterocycles. The summed E-state index contributed by atoms with van der Waals surface area (Å²) in [6, 6.07) is 19.1. The van der Waals surface area contributed by atoms with Gasteiger partial charge in [0.1, 0.15) is 24.2 Å². The minimum atomic E-state index is -4.20. The molecule has 1 fully saturated rings. The van der Waals surface area contributed by atoms with Gasteiger partial charge in [-0.25, -0.2) is 12.8 Å². The molecule has 3 aromatic rings. The van der Waals surface area contributed by atoms with Gasteiger partial charge in [0.15, 0.2) is 0 Å².